The summed E-state index contributed by atoms with van der Waals surface area (Å²) in [7, 11) is 1.89. The Morgan fingerprint density at radius 1 is 1.17 bits per heavy atom. The number of nitrogens with zero attached hydrogens (tertiary/aromatic N) is 2. The quantitative estimate of drug-likeness (QED) is 0.790. The van der Waals surface area contributed by atoms with Crippen LogP contribution in [-0.4, -0.2) is 53.7 Å². The van der Waals surface area contributed by atoms with Crippen molar-refractivity contribution < 1.29 is 9.59 Å². The number of Topliss-reactive ketones (excluding diaryl/α,β-unsaturated/α-hetero) is 1. The summed E-state index contributed by atoms with van der Waals surface area (Å²) in [4.78, 5) is 29.2. The molecule has 1 aliphatic carbocycles. The molecule has 0 radical (unpaired) electrons. The molecule has 1 saturated carbocycles. The molecule has 0 spiro atoms. The van der Waals surface area contributed by atoms with E-state index in [9.17, 15) is 9.59 Å². The van der Waals surface area contributed by atoms with E-state index < -0.39 is 0 Å². The van der Waals surface area contributed by atoms with Crippen molar-refractivity contribution in [2.45, 2.75) is 50.6 Å². The topological polar surface area (TPSA) is 40.6 Å². The molecule has 24 heavy (non-hydrogen) atoms. The highest BCUT2D eigenvalue weighted by atomic mass is 79.9. The summed E-state index contributed by atoms with van der Waals surface area (Å²) in [5, 5.41) is 0. The van der Waals surface area contributed by atoms with E-state index in [1.807, 2.05) is 36.2 Å². The fourth-order valence-electron chi connectivity index (χ4n) is 3.99. The van der Waals surface area contributed by atoms with Gasteiger partial charge >= 0.3 is 0 Å². The van der Waals surface area contributed by atoms with E-state index in [0.29, 0.717) is 24.2 Å². The van der Waals surface area contributed by atoms with Crippen LogP contribution in [0, 0.1) is 0 Å². The highest BCUT2D eigenvalue weighted by molar-refractivity contribution is 9.10. The number of rotatable bonds is 3. The molecule has 1 amide bonds. The number of carbonyl (C=O) groups is 2. The van der Waals surface area contributed by atoms with E-state index >= 15 is 0 Å². The zero-order chi connectivity index (χ0) is 17.1. The minimum atomic E-state index is 0.0452. The Hall–Kier alpha value is -1.20. The second-order valence-corrected chi connectivity index (χ2v) is 7.85. The fourth-order valence-corrected chi connectivity index (χ4v) is 4.26. The fraction of sp³-hybridized carbons (Fsp3) is 0.579. The lowest BCUT2D eigenvalue weighted by Crippen LogP contribution is -2.56. The van der Waals surface area contributed by atoms with Gasteiger partial charge in [0.25, 0.3) is 5.91 Å². The Morgan fingerprint density at radius 2 is 1.83 bits per heavy atom. The maximum atomic E-state index is 12.9. The molecule has 0 bridgehead atoms. The van der Waals surface area contributed by atoms with Gasteiger partial charge in [0, 0.05) is 42.0 Å². The molecule has 2 aliphatic rings. The maximum absolute atomic E-state index is 12.9. The number of piperidine rings is 1. The van der Waals surface area contributed by atoms with Crippen molar-refractivity contribution in [2.24, 2.45) is 0 Å². The third kappa shape index (κ3) is 3.89. The van der Waals surface area contributed by atoms with Gasteiger partial charge in [-0.25, -0.2) is 0 Å². The molecule has 3 rings (SSSR count). The Labute approximate surface area is 152 Å². The Balaban J connectivity index is 1.77. The van der Waals surface area contributed by atoms with Crippen molar-refractivity contribution >= 4 is 27.6 Å². The molecule has 1 aromatic carbocycles. The van der Waals surface area contributed by atoms with Gasteiger partial charge in [0.15, 0.2) is 0 Å². The molecular weight excluding hydrogens is 368 g/mol. The first-order valence-electron chi connectivity index (χ1n) is 8.85. The van der Waals surface area contributed by atoms with Crippen LogP contribution in [0.15, 0.2) is 28.7 Å². The summed E-state index contributed by atoms with van der Waals surface area (Å²) in [5.74, 6) is 0.384. The maximum Gasteiger partial charge on any atom is 0.253 e. The molecule has 4 nitrogen and oxygen atoms in total. The third-order valence-electron chi connectivity index (χ3n) is 5.37. The monoisotopic (exact) mass is 392 g/mol. The molecule has 130 valence electrons. The number of halogens is 1. The van der Waals surface area contributed by atoms with Gasteiger partial charge in [-0.15, -0.1) is 0 Å². The van der Waals surface area contributed by atoms with Crippen LogP contribution in [0.2, 0.25) is 0 Å². The first-order valence-corrected chi connectivity index (χ1v) is 9.64. The first kappa shape index (κ1) is 17.6. The van der Waals surface area contributed by atoms with Crippen LogP contribution < -0.4 is 0 Å². The molecule has 1 saturated heterocycles. The average Bonchev–Trinajstić information content (AvgIpc) is 2.62. The minimum absolute atomic E-state index is 0.0452. The van der Waals surface area contributed by atoms with Gasteiger partial charge in [0.2, 0.25) is 0 Å². The number of ketones is 1. The van der Waals surface area contributed by atoms with Crippen LogP contribution in [0.4, 0.5) is 0 Å². The number of amides is 1. The minimum Gasteiger partial charge on any atom is -0.337 e. The Kier molecular flexibility index (Phi) is 5.72. The normalized spacial score (nSPS) is 25.5. The highest BCUT2D eigenvalue weighted by Crippen LogP contribution is 2.28. The summed E-state index contributed by atoms with van der Waals surface area (Å²) in [6.07, 6.45) is 5.62. The van der Waals surface area contributed by atoms with E-state index in [-0.39, 0.29) is 18.0 Å². The molecular formula is C19H25BrN2O2. The first-order chi connectivity index (χ1) is 11.6. The molecule has 1 aliphatic heterocycles. The molecule has 0 aromatic heterocycles. The largest absolute Gasteiger partial charge is 0.337 e. The second-order valence-electron chi connectivity index (χ2n) is 6.94. The van der Waals surface area contributed by atoms with Crippen molar-refractivity contribution in [3.63, 3.8) is 0 Å². The van der Waals surface area contributed by atoms with Crippen molar-refractivity contribution in [3.8, 4) is 0 Å². The van der Waals surface area contributed by atoms with Crippen LogP contribution >= 0.6 is 15.9 Å². The molecule has 2 unspecified atom stereocenters. The number of likely N-dealkylation sites (tertiary alicyclic amines) is 1. The van der Waals surface area contributed by atoms with Crippen LogP contribution in [0.3, 0.4) is 0 Å². The predicted octanol–water partition coefficient (Wildman–Crippen LogP) is 3.50. The lowest BCUT2D eigenvalue weighted by Gasteiger charge is -2.44. The van der Waals surface area contributed by atoms with Crippen LogP contribution in [0.1, 0.15) is 48.9 Å². The van der Waals surface area contributed by atoms with E-state index in [2.05, 4.69) is 20.8 Å². The van der Waals surface area contributed by atoms with Gasteiger partial charge in [-0.3, -0.25) is 14.5 Å². The summed E-state index contributed by atoms with van der Waals surface area (Å²) in [5.41, 5.74) is 0.704. The van der Waals surface area contributed by atoms with Crippen molar-refractivity contribution in [2.75, 3.05) is 20.1 Å². The van der Waals surface area contributed by atoms with Crippen LogP contribution in [0.5, 0.6) is 0 Å². The molecule has 2 fully saturated rings. The molecule has 2 atom stereocenters. The number of hydrogen-bond donors (Lipinski definition) is 0. The number of benzene rings is 1. The van der Waals surface area contributed by atoms with E-state index in [1.165, 1.54) is 19.3 Å². The molecule has 1 aromatic rings. The summed E-state index contributed by atoms with van der Waals surface area (Å²) >= 11 is 3.41. The van der Waals surface area contributed by atoms with Crippen LogP contribution in [0.25, 0.3) is 0 Å². The third-order valence-corrected chi connectivity index (χ3v) is 5.90. The lowest BCUT2D eigenvalue weighted by molar-refractivity contribution is -0.123. The van der Waals surface area contributed by atoms with Crippen molar-refractivity contribution in [1.82, 2.24) is 9.80 Å². The Morgan fingerprint density at radius 3 is 2.50 bits per heavy atom. The molecule has 0 N–H and O–H groups in total. The summed E-state index contributed by atoms with van der Waals surface area (Å²) < 4.78 is 0.969. The predicted molar refractivity (Wildman–Crippen MR) is 98.1 cm³/mol. The smallest absolute Gasteiger partial charge is 0.253 e. The number of carbonyl (C=O) groups excluding carboxylic acids is 2. The van der Waals surface area contributed by atoms with Crippen molar-refractivity contribution in [3.05, 3.63) is 34.3 Å². The van der Waals surface area contributed by atoms with E-state index in [0.717, 1.165) is 24.0 Å². The van der Waals surface area contributed by atoms with Gasteiger partial charge in [-0.05, 0) is 56.6 Å². The standard InChI is InChI=1S/C19H25BrN2O2/c1-21(19(24)14-5-7-15(20)8-6-14)17-10-9-16(23)13-18(17)22-11-3-2-4-12-22/h5-8,17-18H,2-4,9-13H2,1H3. The number of hydrogen-bond acceptors (Lipinski definition) is 3. The van der Waals surface area contributed by atoms with Gasteiger partial charge in [-0.1, -0.05) is 22.4 Å². The molecule has 5 heteroatoms. The number of likely N-dealkylation sites (N-methyl/N-ethyl adjacent to an activating group) is 1. The summed E-state index contributed by atoms with van der Waals surface area (Å²) in [6.45, 7) is 2.10. The second kappa shape index (κ2) is 7.79. The van der Waals surface area contributed by atoms with Gasteiger partial charge in [0.1, 0.15) is 5.78 Å². The van der Waals surface area contributed by atoms with E-state index in [4.69, 9.17) is 0 Å². The summed E-state index contributed by atoms with van der Waals surface area (Å²) in [6, 6.07) is 7.80. The molecule has 1 heterocycles. The highest BCUT2D eigenvalue weighted by Gasteiger charge is 2.37. The lowest BCUT2D eigenvalue weighted by atomic mass is 9.86. The van der Waals surface area contributed by atoms with E-state index in [1.54, 1.807) is 0 Å². The zero-order valence-corrected chi connectivity index (χ0v) is 15.8. The van der Waals surface area contributed by atoms with Gasteiger partial charge in [0.05, 0.1) is 0 Å². The Bertz CT molecular complexity index is 596. The average molecular weight is 393 g/mol. The van der Waals surface area contributed by atoms with Crippen molar-refractivity contribution in [1.29, 1.82) is 0 Å². The van der Waals surface area contributed by atoms with Crippen LogP contribution in [-0.2, 0) is 4.79 Å². The van der Waals surface area contributed by atoms with Gasteiger partial charge in [-0.2, -0.15) is 0 Å². The van der Waals surface area contributed by atoms with Gasteiger partial charge < -0.3 is 4.90 Å². The zero-order valence-electron chi connectivity index (χ0n) is 14.2. The SMILES string of the molecule is CN(C(=O)c1ccc(Br)cc1)C1CCC(=O)CC1N1CCCCC1.